The van der Waals surface area contributed by atoms with Gasteiger partial charge in [-0.25, -0.2) is 4.89 Å². The number of amides is 1. The van der Waals surface area contributed by atoms with Gasteiger partial charge in [0.25, 0.3) is 26.1 Å². The summed E-state index contributed by atoms with van der Waals surface area (Å²) >= 11 is 6.08. The van der Waals surface area contributed by atoms with Crippen molar-refractivity contribution in [3.63, 3.8) is 0 Å². The Labute approximate surface area is 231 Å². The predicted molar refractivity (Wildman–Crippen MR) is 143 cm³/mol. The molecule has 0 atom stereocenters. The number of azo groups is 1. The van der Waals surface area contributed by atoms with Gasteiger partial charge < -0.3 is 10.4 Å². The van der Waals surface area contributed by atoms with E-state index < -0.39 is 47.4 Å². The number of benzene rings is 4. The van der Waals surface area contributed by atoms with E-state index >= 15 is 0 Å². The Balaban J connectivity index is 2.00. The number of aromatic hydroxyl groups is 1. The van der Waals surface area contributed by atoms with Crippen LogP contribution in [0.5, 0.6) is 5.75 Å². The molecule has 0 radical (unpaired) electrons. The molecular weight excluding hydrogens is 590 g/mol. The second-order valence-corrected chi connectivity index (χ2v) is 11.3. The van der Waals surface area contributed by atoms with Crippen LogP contribution in [0.2, 0.25) is 5.02 Å². The topological polar surface area (TPSA) is 212 Å². The first-order chi connectivity index (χ1) is 18.8. The third-order valence-electron chi connectivity index (χ3n) is 5.54. The van der Waals surface area contributed by atoms with E-state index in [-0.39, 0.29) is 39.3 Å². The van der Waals surface area contributed by atoms with Crippen molar-refractivity contribution >= 4 is 65.6 Å². The monoisotopic (exact) mass is 607 g/mol. The number of rotatable bonds is 8. The maximum atomic E-state index is 13.0. The molecule has 208 valence electrons. The zero-order chi connectivity index (χ0) is 29.2. The first-order valence-electron chi connectivity index (χ1n) is 10.9. The molecule has 5 N–H and O–H groups in total. The summed E-state index contributed by atoms with van der Waals surface area (Å²) in [5.74, 6) is -1.75. The lowest BCUT2D eigenvalue weighted by Crippen LogP contribution is -2.13. The van der Waals surface area contributed by atoms with Crippen molar-refractivity contribution in [3.8, 4) is 5.75 Å². The normalized spacial score (nSPS) is 12.2. The summed E-state index contributed by atoms with van der Waals surface area (Å²) in [6.07, 6.45) is 0. The van der Waals surface area contributed by atoms with Gasteiger partial charge in [-0.05, 0) is 41.8 Å². The summed E-state index contributed by atoms with van der Waals surface area (Å²) in [5, 5.41) is 29.5. The van der Waals surface area contributed by atoms with Gasteiger partial charge in [0.1, 0.15) is 17.2 Å². The summed E-state index contributed by atoms with van der Waals surface area (Å²) < 4.78 is 67.9. The van der Waals surface area contributed by atoms with E-state index in [0.717, 1.165) is 18.2 Å². The highest BCUT2D eigenvalue weighted by Gasteiger charge is 2.26. The molecule has 0 aliphatic rings. The maximum absolute atomic E-state index is 13.0. The third kappa shape index (κ3) is 6.10. The van der Waals surface area contributed by atoms with Gasteiger partial charge in [-0.1, -0.05) is 41.9 Å². The van der Waals surface area contributed by atoms with Crippen LogP contribution in [0.4, 0.5) is 17.1 Å². The van der Waals surface area contributed by atoms with Crippen molar-refractivity contribution in [3.05, 3.63) is 82.9 Å². The number of nitrogens with one attached hydrogen (secondary N) is 1. The molecule has 0 saturated carbocycles. The van der Waals surface area contributed by atoms with E-state index in [1.807, 2.05) is 0 Å². The predicted octanol–water partition coefficient (Wildman–Crippen LogP) is 5.35. The molecule has 4 aromatic carbocycles. The minimum atomic E-state index is -5.10. The number of phenolic OH excluding ortho intramolecular Hbond substituents is 1. The molecule has 0 aromatic heterocycles. The molecule has 0 saturated heterocycles. The molecule has 0 spiro atoms. The Hall–Kier alpha value is -3.96. The molecule has 4 aromatic rings. The van der Waals surface area contributed by atoms with Crippen LogP contribution in [0, 0.1) is 0 Å². The number of carbonyl (C=O) groups is 1. The van der Waals surface area contributed by atoms with E-state index in [0.29, 0.717) is 5.56 Å². The Morgan fingerprint density at radius 1 is 0.925 bits per heavy atom. The van der Waals surface area contributed by atoms with Crippen LogP contribution >= 0.6 is 11.6 Å². The zero-order valence-electron chi connectivity index (χ0n) is 19.9. The molecule has 16 heteroatoms. The van der Waals surface area contributed by atoms with Gasteiger partial charge >= 0.3 is 0 Å². The summed E-state index contributed by atoms with van der Waals surface area (Å²) in [7, 11) is -10.00. The SMILES string of the molecule is O=C(Nc1cc(S(=O)(=O)O)cc2cc(S(=O)(=O)O)c(N=Nc3ccccc3COO)c(O)c12)c1ccccc1Cl. The van der Waals surface area contributed by atoms with Gasteiger partial charge in [0.2, 0.25) is 0 Å². The van der Waals surface area contributed by atoms with Crippen LogP contribution in [0.15, 0.2) is 86.7 Å². The Morgan fingerprint density at radius 3 is 2.25 bits per heavy atom. The highest BCUT2D eigenvalue weighted by atomic mass is 35.5. The number of halogens is 1. The van der Waals surface area contributed by atoms with Crippen LogP contribution < -0.4 is 5.32 Å². The van der Waals surface area contributed by atoms with E-state index in [1.165, 1.54) is 30.3 Å². The molecule has 1 amide bonds. The van der Waals surface area contributed by atoms with Crippen molar-refractivity contribution in [1.82, 2.24) is 0 Å². The molecule has 0 fully saturated rings. The van der Waals surface area contributed by atoms with E-state index in [2.05, 4.69) is 20.4 Å². The molecular formula is C24H18ClN3O10S2. The Kier molecular flexibility index (Phi) is 8.18. The first-order valence-corrected chi connectivity index (χ1v) is 14.2. The molecule has 0 heterocycles. The summed E-state index contributed by atoms with van der Waals surface area (Å²) in [6.45, 7) is -0.305. The zero-order valence-corrected chi connectivity index (χ0v) is 22.3. The van der Waals surface area contributed by atoms with E-state index in [1.54, 1.807) is 18.2 Å². The summed E-state index contributed by atoms with van der Waals surface area (Å²) in [4.78, 5) is 15.4. The molecule has 0 aliphatic heterocycles. The Bertz CT molecular complexity index is 1890. The van der Waals surface area contributed by atoms with Crippen molar-refractivity contribution in [2.75, 3.05) is 5.32 Å². The average Bonchev–Trinajstić information content (AvgIpc) is 2.87. The minimum absolute atomic E-state index is 0.0220. The number of hydrogen-bond acceptors (Lipinski definition) is 10. The summed E-state index contributed by atoms with van der Waals surface area (Å²) in [5.41, 5.74) is -0.729. The van der Waals surface area contributed by atoms with E-state index in [9.17, 15) is 35.8 Å². The smallest absolute Gasteiger partial charge is 0.296 e. The fourth-order valence-corrected chi connectivity index (χ4v) is 5.16. The van der Waals surface area contributed by atoms with Crippen LogP contribution in [0.1, 0.15) is 15.9 Å². The number of hydrogen-bond donors (Lipinski definition) is 5. The van der Waals surface area contributed by atoms with Crippen LogP contribution in [-0.2, 0) is 31.7 Å². The van der Waals surface area contributed by atoms with Crippen LogP contribution in [0.3, 0.4) is 0 Å². The quantitative estimate of drug-likeness (QED) is 0.0749. The average molecular weight is 608 g/mol. The van der Waals surface area contributed by atoms with Gasteiger partial charge in [0, 0.05) is 10.9 Å². The number of carbonyl (C=O) groups excluding carboxylic acids is 1. The summed E-state index contributed by atoms with van der Waals surface area (Å²) in [6, 6.07) is 14.4. The first kappa shape index (κ1) is 29.0. The van der Waals surface area contributed by atoms with Gasteiger partial charge in [-0.2, -0.15) is 21.9 Å². The minimum Gasteiger partial charge on any atom is -0.505 e. The number of anilines is 1. The van der Waals surface area contributed by atoms with E-state index in [4.69, 9.17) is 16.9 Å². The van der Waals surface area contributed by atoms with Crippen molar-refractivity contribution < 1.29 is 46.0 Å². The van der Waals surface area contributed by atoms with Crippen molar-refractivity contribution in [2.45, 2.75) is 16.4 Å². The van der Waals surface area contributed by atoms with Crippen LogP contribution in [0.25, 0.3) is 10.8 Å². The van der Waals surface area contributed by atoms with Crippen LogP contribution in [-0.4, -0.2) is 42.2 Å². The molecule has 13 nitrogen and oxygen atoms in total. The number of phenols is 1. The second-order valence-electron chi connectivity index (χ2n) is 8.13. The van der Waals surface area contributed by atoms with Gasteiger partial charge in [0.15, 0.2) is 5.75 Å². The van der Waals surface area contributed by atoms with Crippen molar-refractivity contribution in [1.29, 1.82) is 0 Å². The lowest BCUT2D eigenvalue weighted by atomic mass is 10.1. The highest BCUT2D eigenvalue weighted by molar-refractivity contribution is 7.86. The van der Waals surface area contributed by atoms with Gasteiger partial charge in [-0.15, -0.1) is 5.11 Å². The molecule has 0 unspecified atom stereocenters. The largest absolute Gasteiger partial charge is 0.505 e. The molecule has 4 rings (SSSR count). The fourth-order valence-electron chi connectivity index (χ4n) is 3.74. The third-order valence-corrected chi connectivity index (χ3v) is 7.56. The molecule has 0 aliphatic carbocycles. The second kappa shape index (κ2) is 11.3. The lowest BCUT2D eigenvalue weighted by molar-refractivity contribution is -0.252. The number of nitrogens with zero attached hydrogens (tertiary/aromatic N) is 2. The lowest BCUT2D eigenvalue weighted by Gasteiger charge is -2.15. The molecule has 40 heavy (non-hydrogen) atoms. The highest BCUT2D eigenvalue weighted by Crippen LogP contribution is 2.45. The van der Waals surface area contributed by atoms with Gasteiger partial charge in [-0.3, -0.25) is 19.2 Å². The Morgan fingerprint density at radius 2 is 1.60 bits per heavy atom. The number of fused-ring (bicyclic) bond motifs is 1. The molecule has 0 bridgehead atoms. The van der Waals surface area contributed by atoms with Crippen molar-refractivity contribution in [2.24, 2.45) is 10.2 Å². The van der Waals surface area contributed by atoms with Gasteiger partial charge in [0.05, 0.1) is 26.9 Å². The fraction of sp³-hybridized carbons (Fsp3) is 0.0417. The standard InChI is InChI=1S/C24H18ClN3O10S2/c25-17-7-3-2-6-16(17)24(30)26-19-11-15(39(32,33)34)9-14-10-20(40(35,36)37)22(23(29)21(14)19)28-27-18-8-4-1-5-13(18)12-38-31/h1-11,29,31H,12H2,(H,26,30)(H,32,33,34)(H,35,36,37). The maximum Gasteiger partial charge on any atom is 0.296 e.